The smallest absolute Gasteiger partial charge is 0.140 e. The van der Waals surface area contributed by atoms with E-state index >= 15 is 0 Å². The molecule has 2 fully saturated rings. The maximum Gasteiger partial charge on any atom is 0.140 e. The van der Waals surface area contributed by atoms with Crippen molar-refractivity contribution in [2.75, 3.05) is 6.61 Å². The van der Waals surface area contributed by atoms with E-state index in [1.165, 1.54) is 11.1 Å². The Kier molecular flexibility index (Phi) is 9.60. The Balaban J connectivity index is 1.44. The molecule has 1 saturated heterocycles. The topological polar surface area (TPSA) is 44.8 Å². The van der Waals surface area contributed by atoms with E-state index < -0.39 is 0 Å². The number of carbonyl (C=O) groups excluding carboxylic acids is 1. The van der Waals surface area contributed by atoms with Crippen molar-refractivity contribution in [1.29, 1.82) is 0 Å². The van der Waals surface area contributed by atoms with Crippen LogP contribution in [0.25, 0.3) is 0 Å². The van der Waals surface area contributed by atoms with Crippen LogP contribution in [0.1, 0.15) is 70.9 Å². The molecule has 5 rings (SSSR count). The maximum absolute atomic E-state index is 13.5. The lowest BCUT2D eigenvalue weighted by Crippen LogP contribution is -2.57. The quantitative estimate of drug-likeness (QED) is 0.334. The van der Waals surface area contributed by atoms with Crippen LogP contribution in [-0.2, 0) is 32.2 Å². The maximum atomic E-state index is 13.5. The zero-order valence-corrected chi connectivity index (χ0v) is 24.8. The summed E-state index contributed by atoms with van der Waals surface area (Å²) in [6.07, 6.45) is 8.82. The number of hydrogen-bond donors (Lipinski definition) is 0. The normalized spacial score (nSPS) is 37.2. The Labute approximate surface area is 241 Å². The molecule has 9 atom stereocenters. The summed E-state index contributed by atoms with van der Waals surface area (Å²) in [6.45, 7) is 10.9. The van der Waals surface area contributed by atoms with Gasteiger partial charge >= 0.3 is 0 Å². The molecule has 216 valence electrons. The number of hydrogen-bond acceptors (Lipinski definition) is 4. The van der Waals surface area contributed by atoms with Crippen LogP contribution in [0.15, 0.2) is 72.8 Å². The Bertz CT molecular complexity index is 1110. The third-order valence-corrected chi connectivity index (χ3v) is 9.93. The SMILES string of the molecule is C[C@@H]1/C=C\C[C@]2(OCc3ccccc3)C[C@H](C)[C@@H](COCc3ccccc3)C[C@@H]2[C@H]2CC(=O)[C@@H](C)[C@H](O2)[C@H](C)C1. The van der Waals surface area contributed by atoms with E-state index in [0.717, 1.165) is 25.7 Å². The van der Waals surface area contributed by atoms with E-state index in [1.54, 1.807) is 0 Å². The molecule has 4 nitrogen and oxygen atoms in total. The predicted octanol–water partition coefficient (Wildman–Crippen LogP) is 7.81. The minimum absolute atomic E-state index is 0.0425. The number of fused-ring (bicyclic) bond motifs is 4. The van der Waals surface area contributed by atoms with Gasteiger partial charge in [0.15, 0.2) is 0 Å². The van der Waals surface area contributed by atoms with Gasteiger partial charge in [-0.25, -0.2) is 0 Å². The van der Waals surface area contributed by atoms with Gasteiger partial charge in [-0.3, -0.25) is 4.79 Å². The number of ketones is 1. The van der Waals surface area contributed by atoms with Crippen LogP contribution in [-0.4, -0.2) is 30.2 Å². The summed E-state index contributed by atoms with van der Waals surface area (Å²) in [5.74, 6) is 2.00. The van der Waals surface area contributed by atoms with Crippen LogP contribution >= 0.6 is 0 Å². The number of ether oxygens (including phenoxy) is 3. The van der Waals surface area contributed by atoms with Gasteiger partial charge in [0.1, 0.15) is 5.78 Å². The van der Waals surface area contributed by atoms with Crippen LogP contribution in [0, 0.1) is 35.5 Å². The monoisotopic (exact) mass is 544 g/mol. The number of carbonyl (C=O) groups is 1. The highest BCUT2D eigenvalue weighted by Gasteiger charge is 2.53. The molecule has 0 aromatic heterocycles. The molecule has 0 spiro atoms. The number of rotatable bonds is 7. The lowest BCUT2D eigenvalue weighted by molar-refractivity contribution is -0.208. The first-order valence-electron chi connectivity index (χ1n) is 15.5. The third-order valence-electron chi connectivity index (χ3n) is 9.93. The van der Waals surface area contributed by atoms with Crippen LogP contribution in [0.2, 0.25) is 0 Å². The van der Waals surface area contributed by atoms with Crippen molar-refractivity contribution >= 4 is 5.78 Å². The first kappa shape index (κ1) is 29.2. The standard InChI is InChI=1S/C36H48O4/c1-25-12-11-17-36(39-23-30-15-9-6-10-16-30)21-27(3)31(24-38-22-29-13-7-5-8-14-29)19-32(36)34-20-33(37)28(4)35(40-34)26(2)18-25/h5-16,25-28,31-32,34-35H,17-24H2,1-4H3/b12-11-/t25-,26-,27+,28-,31-,32-,34-,35-,36+/m1/s1. The minimum Gasteiger partial charge on any atom is -0.376 e. The Morgan fingerprint density at radius 3 is 2.25 bits per heavy atom. The Morgan fingerprint density at radius 1 is 0.875 bits per heavy atom. The summed E-state index contributed by atoms with van der Waals surface area (Å²) in [5.41, 5.74) is 2.00. The van der Waals surface area contributed by atoms with Crippen LogP contribution in [0.5, 0.6) is 0 Å². The summed E-state index contributed by atoms with van der Waals surface area (Å²) in [7, 11) is 0. The second kappa shape index (κ2) is 13.1. The lowest BCUT2D eigenvalue weighted by atomic mass is 9.62. The summed E-state index contributed by atoms with van der Waals surface area (Å²) in [6, 6.07) is 20.9. The molecule has 2 aromatic carbocycles. The third kappa shape index (κ3) is 6.78. The van der Waals surface area contributed by atoms with Gasteiger partial charge in [0.25, 0.3) is 0 Å². The molecule has 0 radical (unpaired) electrons. The molecular formula is C36H48O4. The second-order valence-electron chi connectivity index (χ2n) is 13.0. The molecule has 2 heterocycles. The van der Waals surface area contributed by atoms with E-state index in [1.807, 2.05) is 12.1 Å². The van der Waals surface area contributed by atoms with Crippen molar-refractivity contribution in [3.63, 3.8) is 0 Å². The lowest BCUT2D eigenvalue weighted by Gasteiger charge is -2.53. The summed E-state index contributed by atoms with van der Waals surface area (Å²) in [5, 5.41) is 0. The van der Waals surface area contributed by atoms with Crippen molar-refractivity contribution in [2.24, 2.45) is 35.5 Å². The van der Waals surface area contributed by atoms with Gasteiger partial charge in [0.05, 0.1) is 37.6 Å². The molecule has 2 bridgehead atoms. The van der Waals surface area contributed by atoms with Gasteiger partial charge in [-0.2, -0.15) is 0 Å². The minimum atomic E-state index is -0.384. The van der Waals surface area contributed by atoms with E-state index in [4.69, 9.17) is 14.2 Å². The van der Waals surface area contributed by atoms with Gasteiger partial charge in [-0.05, 0) is 60.5 Å². The molecule has 2 aromatic rings. The van der Waals surface area contributed by atoms with E-state index in [-0.39, 0.29) is 29.6 Å². The number of benzene rings is 2. The van der Waals surface area contributed by atoms with Crippen LogP contribution in [0.3, 0.4) is 0 Å². The van der Waals surface area contributed by atoms with Crippen LogP contribution in [0.4, 0.5) is 0 Å². The van der Waals surface area contributed by atoms with Gasteiger partial charge in [-0.15, -0.1) is 0 Å². The summed E-state index contributed by atoms with van der Waals surface area (Å²) in [4.78, 5) is 13.5. The predicted molar refractivity (Wildman–Crippen MR) is 160 cm³/mol. The first-order chi connectivity index (χ1) is 19.3. The molecule has 40 heavy (non-hydrogen) atoms. The van der Waals surface area contributed by atoms with Crippen LogP contribution < -0.4 is 0 Å². The molecule has 0 amide bonds. The highest BCUT2D eigenvalue weighted by molar-refractivity contribution is 5.82. The van der Waals surface area contributed by atoms with Crippen molar-refractivity contribution in [2.45, 2.75) is 90.8 Å². The first-order valence-corrected chi connectivity index (χ1v) is 15.5. The molecule has 4 heteroatoms. The fourth-order valence-electron chi connectivity index (χ4n) is 7.62. The van der Waals surface area contributed by atoms with Crippen molar-refractivity contribution in [1.82, 2.24) is 0 Å². The Morgan fingerprint density at radius 2 is 1.55 bits per heavy atom. The average Bonchev–Trinajstić information content (AvgIpc) is 2.96. The van der Waals surface area contributed by atoms with Gasteiger partial charge in [-0.1, -0.05) is 101 Å². The molecule has 2 aliphatic heterocycles. The number of allylic oxidation sites excluding steroid dienone is 1. The molecular weight excluding hydrogens is 496 g/mol. The van der Waals surface area contributed by atoms with Crippen molar-refractivity contribution < 1.29 is 19.0 Å². The second-order valence-corrected chi connectivity index (χ2v) is 13.0. The Hall–Kier alpha value is -2.27. The van der Waals surface area contributed by atoms with Crippen molar-refractivity contribution in [3.05, 3.63) is 83.9 Å². The highest BCUT2D eigenvalue weighted by atomic mass is 16.5. The van der Waals surface area contributed by atoms with E-state index in [9.17, 15) is 4.79 Å². The zero-order valence-electron chi connectivity index (χ0n) is 24.8. The summed E-state index contributed by atoms with van der Waals surface area (Å²) >= 11 is 0. The zero-order chi connectivity index (χ0) is 28.1. The van der Waals surface area contributed by atoms with Gasteiger partial charge < -0.3 is 14.2 Å². The van der Waals surface area contributed by atoms with E-state index in [0.29, 0.717) is 55.7 Å². The molecule has 0 N–H and O–H groups in total. The number of Topliss-reactive ketones (excluding diaryl/α,β-unsaturated/α-hetero) is 1. The van der Waals surface area contributed by atoms with Gasteiger partial charge in [0, 0.05) is 18.3 Å². The largest absolute Gasteiger partial charge is 0.376 e. The fourth-order valence-corrected chi connectivity index (χ4v) is 7.62. The molecule has 1 saturated carbocycles. The van der Waals surface area contributed by atoms with Gasteiger partial charge in [0.2, 0.25) is 0 Å². The average molecular weight is 545 g/mol. The highest BCUT2D eigenvalue weighted by Crippen LogP contribution is 2.50. The fraction of sp³-hybridized carbons (Fsp3) is 0.583. The molecule has 1 aliphatic carbocycles. The van der Waals surface area contributed by atoms with E-state index in [2.05, 4.69) is 88.4 Å². The molecule has 3 aliphatic rings. The summed E-state index contributed by atoms with van der Waals surface area (Å²) < 4.78 is 20.4. The van der Waals surface area contributed by atoms with Crippen molar-refractivity contribution in [3.8, 4) is 0 Å². The molecule has 0 unspecified atom stereocenters.